The quantitative estimate of drug-likeness (QED) is 0.752. The van der Waals surface area contributed by atoms with Crippen molar-refractivity contribution in [3.63, 3.8) is 0 Å². The topological polar surface area (TPSA) is 40.6 Å². The van der Waals surface area contributed by atoms with Gasteiger partial charge in [-0.3, -0.25) is 14.5 Å². The number of nitrogens with zero attached hydrogens (tertiary/aromatic N) is 2. The average molecular weight is 350 g/mol. The predicted molar refractivity (Wildman–Crippen MR) is 103 cm³/mol. The zero-order valence-corrected chi connectivity index (χ0v) is 15.4. The number of benzene rings is 2. The van der Waals surface area contributed by atoms with E-state index < -0.39 is 0 Å². The molecule has 2 aromatic rings. The molecule has 0 radical (unpaired) electrons. The standard InChI is InChI=1S/C22H26N2O2/c1-18-7-10-20(11-8-18)21(25)17-23-13-15-24(16-14-23)22(26)12-9-19-5-3-2-4-6-19/h2-8,10-11H,9,12-17H2,1H3. The van der Waals surface area contributed by atoms with Crippen molar-refractivity contribution in [2.45, 2.75) is 19.8 Å². The van der Waals surface area contributed by atoms with Crippen LogP contribution in [-0.2, 0) is 11.2 Å². The molecule has 1 aliphatic rings. The molecule has 0 aliphatic carbocycles. The zero-order valence-electron chi connectivity index (χ0n) is 15.4. The number of carbonyl (C=O) groups is 2. The normalized spacial score (nSPS) is 15.0. The van der Waals surface area contributed by atoms with Crippen LogP contribution in [0.25, 0.3) is 0 Å². The summed E-state index contributed by atoms with van der Waals surface area (Å²) >= 11 is 0. The second kappa shape index (κ2) is 8.77. The van der Waals surface area contributed by atoms with Gasteiger partial charge in [-0.15, -0.1) is 0 Å². The van der Waals surface area contributed by atoms with Crippen LogP contribution < -0.4 is 0 Å². The summed E-state index contributed by atoms with van der Waals surface area (Å²) < 4.78 is 0. The van der Waals surface area contributed by atoms with Crippen molar-refractivity contribution in [3.05, 3.63) is 71.3 Å². The predicted octanol–water partition coefficient (Wildman–Crippen LogP) is 2.95. The number of hydrogen-bond acceptors (Lipinski definition) is 3. The maximum Gasteiger partial charge on any atom is 0.222 e. The molecule has 1 saturated heterocycles. The molecular formula is C22H26N2O2. The summed E-state index contributed by atoms with van der Waals surface area (Å²) in [4.78, 5) is 28.8. The van der Waals surface area contributed by atoms with E-state index in [9.17, 15) is 9.59 Å². The van der Waals surface area contributed by atoms with Crippen LogP contribution >= 0.6 is 0 Å². The maximum absolute atomic E-state index is 12.4. The smallest absolute Gasteiger partial charge is 0.222 e. The summed E-state index contributed by atoms with van der Waals surface area (Å²) in [6.07, 6.45) is 1.33. The van der Waals surface area contributed by atoms with Gasteiger partial charge >= 0.3 is 0 Å². The lowest BCUT2D eigenvalue weighted by atomic mass is 10.1. The van der Waals surface area contributed by atoms with Crippen molar-refractivity contribution in [2.24, 2.45) is 0 Å². The molecule has 136 valence electrons. The molecule has 26 heavy (non-hydrogen) atoms. The Bertz CT molecular complexity index is 732. The Morgan fingerprint density at radius 1 is 0.885 bits per heavy atom. The second-order valence-corrected chi connectivity index (χ2v) is 6.93. The van der Waals surface area contributed by atoms with Crippen molar-refractivity contribution < 1.29 is 9.59 Å². The molecule has 0 saturated carbocycles. The van der Waals surface area contributed by atoms with Gasteiger partial charge in [0.15, 0.2) is 5.78 Å². The number of piperazine rings is 1. The van der Waals surface area contributed by atoms with E-state index in [-0.39, 0.29) is 11.7 Å². The molecule has 0 aromatic heterocycles. The molecule has 0 unspecified atom stereocenters. The summed E-state index contributed by atoms with van der Waals surface area (Å²) in [5, 5.41) is 0. The number of aryl methyl sites for hydroxylation is 2. The highest BCUT2D eigenvalue weighted by atomic mass is 16.2. The minimum absolute atomic E-state index is 0.147. The van der Waals surface area contributed by atoms with Crippen LogP contribution in [0, 0.1) is 6.92 Å². The molecule has 0 N–H and O–H groups in total. The van der Waals surface area contributed by atoms with Gasteiger partial charge in [-0.05, 0) is 18.9 Å². The molecule has 1 fully saturated rings. The molecule has 0 bridgehead atoms. The summed E-state index contributed by atoms with van der Waals surface area (Å²) in [6.45, 7) is 5.37. The molecule has 1 heterocycles. The van der Waals surface area contributed by atoms with E-state index in [1.807, 2.05) is 54.3 Å². The van der Waals surface area contributed by atoms with Crippen LogP contribution in [0.15, 0.2) is 54.6 Å². The minimum atomic E-state index is 0.147. The third-order valence-corrected chi connectivity index (χ3v) is 4.94. The summed E-state index contributed by atoms with van der Waals surface area (Å²) in [5.41, 5.74) is 3.12. The Hall–Kier alpha value is -2.46. The fourth-order valence-electron chi connectivity index (χ4n) is 3.24. The first-order valence-corrected chi connectivity index (χ1v) is 9.26. The Labute approximate surface area is 155 Å². The molecule has 3 rings (SSSR count). The van der Waals surface area contributed by atoms with Crippen molar-refractivity contribution in [1.82, 2.24) is 9.80 Å². The van der Waals surface area contributed by atoms with Crippen molar-refractivity contribution >= 4 is 11.7 Å². The maximum atomic E-state index is 12.4. The highest BCUT2D eigenvalue weighted by molar-refractivity contribution is 5.97. The first-order chi connectivity index (χ1) is 12.6. The van der Waals surface area contributed by atoms with Gasteiger partial charge < -0.3 is 4.90 Å². The molecule has 2 aromatic carbocycles. The van der Waals surface area contributed by atoms with E-state index in [0.717, 1.165) is 30.6 Å². The number of ketones is 1. The van der Waals surface area contributed by atoms with Crippen LogP contribution in [0.2, 0.25) is 0 Å². The Morgan fingerprint density at radius 2 is 1.54 bits per heavy atom. The van der Waals surface area contributed by atoms with Crippen molar-refractivity contribution in [1.29, 1.82) is 0 Å². The minimum Gasteiger partial charge on any atom is -0.340 e. The summed E-state index contributed by atoms with van der Waals surface area (Å²) in [5.74, 6) is 0.354. The van der Waals surface area contributed by atoms with Crippen LogP contribution in [0.5, 0.6) is 0 Å². The van der Waals surface area contributed by atoms with E-state index in [1.165, 1.54) is 5.56 Å². The van der Waals surface area contributed by atoms with Gasteiger partial charge in [-0.25, -0.2) is 0 Å². The lowest BCUT2D eigenvalue weighted by molar-refractivity contribution is -0.132. The molecule has 4 nitrogen and oxygen atoms in total. The Morgan fingerprint density at radius 3 is 2.19 bits per heavy atom. The van der Waals surface area contributed by atoms with Crippen LogP contribution in [-0.4, -0.2) is 54.2 Å². The molecule has 0 spiro atoms. The third-order valence-electron chi connectivity index (χ3n) is 4.94. The lowest BCUT2D eigenvalue weighted by Crippen LogP contribution is -2.49. The van der Waals surface area contributed by atoms with E-state index in [1.54, 1.807) is 0 Å². The van der Waals surface area contributed by atoms with Crippen LogP contribution in [0.3, 0.4) is 0 Å². The number of amides is 1. The van der Waals surface area contributed by atoms with Crippen molar-refractivity contribution in [3.8, 4) is 0 Å². The number of hydrogen-bond donors (Lipinski definition) is 0. The van der Waals surface area contributed by atoms with E-state index in [4.69, 9.17) is 0 Å². The third kappa shape index (κ3) is 5.02. The highest BCUT2D eigenvalue weighted by Crippen LogP contribution is 2.10. The zero-order chi connectivity index (χ0) is 18.4. The van der Waals surface area contributed by atoms with E-state index >= 15 is 0 Å². The average Bonchev–Trinajstić information content (AvgIpc) is 2.68. The summed E-state index contributed by atoms with van der Waals surface area (Å²) in [7, 11) is 0. The monoisotopic (exact) mass is 350 g/mol. The molecular weight excluding hydrogens is 324 g/mol. The SMILES string of the molecule is Cc1ccc(C(=O)CN2CCN(C(=O)CCc3ccccc3)CC2)cc1. The fourth-order valence-corrected chi connectivity index (χ4v) is 3.24. The van der Waals surface area contributed by atoms with Crippen molar-refractivity contribution in [2.75, 3.05) is 32.7 Å². The number of carbonyl (C=O) groups excluding carboxylic acids is 2. The van der Waals surface area contributed by atoms with Gasteiger partial charge in [-0.2, -0.15) is 0 Å². The number of Topliss-reactive ketones (excluding diaryl/α,β-unsaturated/α-hetero) is 1. The first kappa shape index (κ1) is 18.3. The van der Waals surface area contributed by atoms with Gasteiger partial charge in [0.05, 0.1) is 6.54 Å². The van der Waals surface area contributed by atoms with E-state index in [0.29, 0.717) is 26.1 Å². The second-order valence-electron chi connectivity index (χ2n) is 6.93. The highest BCUT2D eigenvalue weighted by Gasteiger charge is 2.22. The van der Waals surface area contributed by atoms with Crippen LogP contribution in [0.1, 0.15) is 27.9 Å². The Kier molecular flexibility index (Phi) is 6.18. The number of rotatable bonds is 6. The van der Waals surface area contributed by atoms with Crippen LogP contribution in [0.4, 0.5) is 0 Å². The molecule has 4 heteroatoms. The first-order valence-electron chi connectivity index (χ1n) is 9.26. The lowest BCUT2D eigenvalue weighted by Gasteiger charge is -2.34. The van der Waals surface area contributed by atoms with Gasteiger partial charge in [0.1, 0.15) is 0 Å². The fraction of sp³-hybridized carbons (Fsp3) is 0.364. The largest absolute Gasteiger partial charge is 0.340 e. The molecule has 1 amide bonds. The van der Waals surface area contributed by atoms with Gasteiger partial charge in [0.25, 0.3) is 0 Å². The van der Waals surface area contributed by atoms with Gasteiger partial charge in [-0.1, -0.05) is 60.2 Å². The Balaban J connectivity index is 1.42. The van der Waals surface area contributed by atoms with E-state index in [2.05, 4.69) is 17.0 Å². The van der Waals surface area contributed by atoms with Gasteiger partial charge in [0, 0.05) is 38.2 Å². The molecule has 1 aliphatic heterocycles. The van der Waals surface area contributed by atoms with Gasteiger partial charge in [0.2, 0.25) is 5.91 Å². The summed E-state index contributed by atoms with van der Waals surface area (Å²) in [6, 6.07) is 17.8. The molecule has 0 atom stereocenters.